The van der Waals surface area contributed by atoms with Gasteiger partial charge < -0.3 is 9.67 Å². The molecule has 0 aliphatic carbocycles. The number of carboxylic acid groups (broad SMARTS) is 1. The van der Waals surface area contributed by atoms with E-state index in [4.69, 9.17) is 5.11 Å². The summed E-state index contributed by atoms with van der Waals surface area (Å²) in [6.07, 6.45) is 0. The van der Waals surface area contributed by atoms with Gasteiger partial charge in [-0.25, -0.2) is 13.2 Å². The number of aromatic carboxylic acids is 1. The van der Waals surface area contributed by atoms with E-state index in [2.05, 4.69) is 0 Å². The van der Waals surface area contributed by atoms with Crippen LogP contribution in [0, 0.1) is 0 Å². The summed E-state index contributed by atoms with van der Waals surface area (Å²) < 4.78 is 48.8. The van der Waals surface area contributed by atoms with E-state index in [0.717, 1.165) is 12.1 Å². The van der Waals surface area contributed by atoms with Crippen LogP contribution < -0.4 is 0 Å². The Bertz CT molecular complexity index is 764. The average molecular weight is 289 g/mol. The first-order chi connectivity index (χ1) is 8.75. The monoisotopic (exact) mass is 289 g/mol. The normalized spacial score (nSPS) is 12.2. The molecular weight excluding hydrogens is 280 g/mol. The summed E-state index contributed by atoms with van der Waals surface area (Å²) in [5.74, 6) is -4.69. The van der Waals surface area contributed by atoms with Crippen LogP contribution in [0.25, 0.3) is 10.9 Å². The van der Waals surface area contributed by atoms with Crippen molar-refractivity contribution in [1.82, 2.24) is 4.57 Å². The van der Waals surface area contributed by atoms with Gasteiger partial charge in [0.15, 0.2) is 0 Å². The van der Waals surface area contributed by atoms with Gasteiger partial charge in [-0.2, -0.15) is 8.78 Å². The van der Waals surface area contributed by atoms with Crippen molar-refractivity contribution >= 4 is 26.7 Å². The Balaban J connectivity index is 2.69. The Morgan fingerprint density at radius 1 is 1.32 bits per heavy atom. The van der Waals surface area contributed by atoms with Gasteiger partial charge in [0.25, 0.3) is 0 Å². The minimum absolute atomic E-state index is 0.0541. The fourth-order valence-electron chi connectivity index (χ4n) is 1.81. The van der Waals surface area contributed by atoms with Crippen LogP contribution in [0.1, 0.15) is 10.5 Å². The number of benzene rings is 1. The summed E-state index contributed by atoms with van der Waals surface area (Å²) in [6.45, 7) is 0. The minimum atomic E-state index is -4.68. The molecule has 19 heavy (non-hydrogen) atoms. The summed E-state index contributed by atoms with van der Waals surface area (Å²) in [7, 11) is -3.19. The highest BCUT2D eigenvalue weighted by molar-refractivity contribution is 7.91. The first kappa shape index (κ1) is 13.5. The second kappa shape index (κ2) is 4.30. The van der Waals surface area contributed by atoms with E-state index < -0.39 is 26.5 Å². The molecule has 102 valence electrons. The van der Waals surface area contributed by atoms with E-state index in [-0.39, 0.29) is 11.1 Å². The maximum absolute atomic E-state index is 12.4. The molecule has 1 aromatic carbocycles. The molecule has 0 atom stereocenters. The first-order valence-corrected chi connectivity index (χ1v) is 6.64. The minimum Gasteiger partial charge on any atom is -0.477 e. The molecular formula is C11H9F2NO4S. The van der Waals surface area contributed by atoms with E-state index >= 15 is 0 Å². The Labute approximate surface area is 107 Å². The highest BCUT2D eigenvalue weighted by Crippen LogP contribution is 2.25. The number of hydrogen-bond acceptors (Lipinski definition) is 3. The Hall–Kier alpha value is -1.96. The molecule has 0 saturated heterocycles. The zero-order valence-electron chi connectivity index (χ0n) is 9.67. The second-order valence-corrected chi connectivity index (χ2v) is 5.84. The van der Waals surface area contributed by atoms with Gasteiger partial charge >= 0.3 is 11.7 Å². The molecule has 1 heterocycles. The second-order valence-electron chi connectivity index (χ2n) is 3.92. The molecule has 0 fully saturated rings. The van der Waals surface area contributed by atoms with Crippen molar-refractivity contribution in [2.75, 3.05) is 0 Å². The number of carboxylic acids is 1. The van der Waals surface area contributed by atoms with Gasteiger partial charge in [-0.3, -0.25) is 0 Å². The molecule has 5 nitrogen and oxygen atoms in total. The standard InChI is InChI=1S/C11H9F2NO4S/c1-14-8-3-2-7(19(17,18)11(12)13)4-6(8)5-9(14)10(15)16/h2-5,11H,1H3,(H,15,16). The topological polar surface area (TPSA) is 76.4 Å². The van der Waals surface area contributed by atoms with Gasteiger partial charge in [-0.15, -0.1) is 0 Å². The fraction of sp³-hybridized carbons (Fsp3) is 0.182. The first-order valence-electron chi connectivity index (χ1n) is 5.10. The van der Waals surface area contributed by atoms with Crippen LogP contribution in [0.5, 0.6) is 0 Å². The Morgan fingerprint density at radius 2 is 1.95 bits per heavy atom. The Kier molecular flexibility index (Phi) is 3.05. The zero-order chi connectivity index (χ0) is 14.4. The Morgan fingerprint density at radius 3 is 2.47 bits per heavy atom. The number of halogens is 2. The van der Waals surface area contributed by atoms with Crippen LogP contribution in [-0.4, -0.2) is 29.8 Å². The molecule has 8 heteroatoms. The zero-order valence-corrected chi connectivity index (χ0v) is 10.5. The van der Waals surface area contributed by atoms with Crippen LogP contribution in [0.3, 0.4) is 0 Å². The highest BCUT2D eigenvalue weighted by Gasteiger charge is 2.27. The molecule has 2 aromatic rings. The largest absolute Gasteiger partial charge is 0.477 e. The van der Waals surface area contributed by atoms with Crippen molar-refractivity contribution in [1.29, 1.82) is 0 Å². The number of aromatic nitrogens is 1. The fourth-order valence-corrected chi connectivity index (χ4v) is 2.57. The number of aryl methyl sites for hydroxylation is 1. The lowest BCUT2D eigenvalue weighted by Gasteiger charge is -2.03. The third kappa shape index (κ3) is 2.07. The summed E-state index contributed by atoms with van der Waals surface area (Å²) in [6, 6.07) is 4.62. The molecule has 0 aliphatic heterocycles. The SMILES string of the molecule is Cn1c(C(=O)O)cc2cc(S(=O)(=O)C(F)F)ccc21. The number of rotatable bonds is 3. The van der Waals surface area contributed by atoms with Crippen LogP contribution in [0.15, 0.2) is 29.2 Å². The van der Waals surface area contributed by atoms with Crippen molar-refractivity contribution in [3.63, 3.8) is 0 Å². The smallest absolute Gasteiger partial charge is 0.352 e. The van der Waals surface area contributed by atoms with Gasteiger partial charge in [-0.05, 0) is 24.3 Å². The summed E-state index contributed by atoms with van der Waals surface area (Å²) >= 11 is 0. The van der Waals surface area contributed by atoms with E-state index in [9.17, 15) is 22.0 Å². The summed E-state index contributed by atoms with van der Waals surface area (Å²) in [5, 5.41) is 9.20. The van der Waals surface area contributed by atoms with Crippen molar-refractivity contribution in [3.05, 3.63) is 30.0 Å². The molecule has 1 N–H and O–H groups in total. The molecule has 0 radical (unpaired) electrons. The predicted molar refractivity (Wildman–Crippen MR) is 63.1 cm³/mol. The predicted octanol–water partition coefficient (Wildman–Crippen LogP) is 1.87. The number of alkyl halides is 2. The van der Waals surface area contributed by atoms with Crippen LogP contribution in [0.2, 0.25) is 0 Å². The highest BCUT2D eigenvalue weighted by atomic mass is 32.2. The molecule has 0 saturated carbocycles. The van der Waals surface area contributed by atoms with Crippen molar-refractivity contribution in [2.24, 2.45) is 7.05 Å². The van der Waals surface area contributed by atoms with Crippen molar-refractivity contribution in [2.45, 2.75) is 10.7 Å². The van der Waals surface area contributed by atoms with Crippen LogP contribution in [-0.2, 0) is 16.9 Å². The van der Waals surface area contributed by atoms with Gasteiger partial charge in [-0.1, -0.05) is 0 Å². The third-order valence-electron chi connectivity index (χ3n) is 2.80. The van der Waals surface area contributed by atoms with Gasteiger partial charge in [0, 0.05) is 18.0 Å². The van der Waals surface area contributed by atoms with E-state index in [1.165, 1.54) is 23.7 Å². The molecule has 0 unspecified atom stereocenters. The van der Waals surface area contributed by atoms with Gasteiger partial charge in [0.05, 0.1) is 4.90 Å². The van der Waals surface area contributed by atoms with Gasteiger partial charge in [0.1, 0.15) is 5.69 Å². The molecule has 1 aromatic heterocycles. The quantitative estimate of drug-likeness (QED) is 0.936. The molecule has 0 amide bonds. The molecule has 0 aliphatic rings. The maximum atomic E-state index is 12.4. The van der Waals surface area contributed by atoms with E-state index in [1.54, 1.807) is 0 Å². The number of sulfone groups is 1. The molecule has 2 rings (SSSR count). The maximum Gasteiger partial charge on any atom is 0.352 e. The molecule has 0 spiro atoms. The number of nitrogens with zero attached hydrogens (tertiary/aromatic N) is 1. The van der Waals surface area contributed by atoms with Crippen molar-refractivity contribution in [3.8, 4) is 0 Å². The van der Waals surface area contributed by atoms with E-state index in [0.29, 0.717) is 5.52 Å². The molecule has 0 bridgehead atoms. The lowest BCUT2D eigenvalue weighted by atomic mass is 10.2. The van der Waals surface area contributed by atoms with Crippen LogP contribution in [0.4, 0.5) is 8.78 Å². The lowest BCUT2D eigenvalue weighted by Crippen LogP contribution is -2.11. The van der Waals surface area contributed by atoms with Gasteiger partial charge in [0.2, 0.25) is 9.84 Å². The summed E-state index contributed by atoms with van der Waals surface area (Å²) in [4.78, 5) is 10.4. The van der Waals surface area contributed by atoms with E-state index in [1.807, 2.05) is 0 Å². The number of hydrogen-bond donors (Lipinski definition) is 1. The van der Waals surface area contributed by atoms with Crippen LogP contribution >= 0.6 is 0 Å². The summed E-state index contributed by atoms with van der Waals surface area (Å²) in [5.41, 5.74) is 0.396. The number of carbonyl (C=O) groups is 1. The van der Waals surface area contributed by atoms with Crippen molar-refractivity contribution < 1.29 is 27.1 Å². The average Bonchev–Trinajstić information content (AvgIpc) is 2.66. The lowest BCUT2D eigenvalue weighted by molar-refractivity contribution is 0.0687. The third-order valence-corrected chi connectivity index (χ3v) is 4.18. The number of fused-ring (bicyclic) bond motifs is 1.